The molecule has 0 atom stereocenters. The molecule has 0 bridgehead atoms. The second-order valence-electron chi connectivity index (χ2n) is 6.44. The van der Waals surface area contributed by atoms with E-state index in [-0.39, 0.29) is 0 Å². The fourth-order valence-electron chi connectivity index (χ4n) is 2.84. The van der Waals surface area contributed by atoms with Crippen LogP contribution < -0.4 is 10.6 Å². The standard InChI is InChI=1S/C21H27N5/c1-3-5-9-23-20-14-16(7-12-24-20)19-13-17-15-22-11-8-18(17)21(26-19)25-10-6-4-2/h7-8,11-15H,3-6,9-10H2,1-2H3,(H,23,24)(H,25,26). The molecule has 3 aromatic rings. The fraction of sp³-hybridized carbons (Fsp3) is 0.381. The van der Waals surface area contributed by atoms with Crippen LogP contribution in [-0.4, -0.2) is 28.0 Å². The van der Waals surface area contributed by atoms with Gasteiger partial charge in [-0.05, 0) is 37.1 Å². The van der Waals surface area contributed by atoms with Crippen LogP contribution in [0.15, 0.2) is 42.9 Å². The van der Waals surface area contributed by atoms with E-state index in [0.29, 0.717) is 0 Å². The van der Waals surface area contributed by atoms with Crippen molar-refractivity contribution in [2.75, 3.05) is 23.7 Å². The minimum atomic E-state index is 0.893. The fourth-order valence-corrected chi connectivity index (χ4v) is 2.84. The first-order valence-corrected chi connectivity index (χ1v) is 9.50. The molecule has 5 heteroatoms. The minimum absolute atomic E-state index is 0.893. The molecule has 0 radical (unpaired) electrons. The molecule has 0 fully saturated rings. The van der Waals surface area contributed by atoms with Crippen molar-refractivity contribution in [3.8, 4) is 11.3 Å². The van der Waals surface area contributed by atoms with Crippen molar-refractivity contribution in [2.45, 2.75) is 39.5 Å². The molecule has 0 spiro atoms. The Hall–Kier alpha value is -2.69. The summed E-state index contributed by atoms with van der Waals surface area (Å²) in [4.78, 5) is 13.6. The highest BCUT2D eigenvalue weighted by Crippen LogP contribution is 2.28. The number of aromatic nitrogens is 3. The number of anilines is 2. The Bertz CT molecular complexity index is 847. The zero-order valence-corrected chi connectivity index (χ0v) is 15.6. The predicted molar refractivity (Wildman–Crippen MR) is 110 cm³/mol. The number of nitrogens with zero attached hydrogens (tertiary/aromatic N) is 3. The maximum atomic E-state index is 4.89. The second-order valence-corrected chi connectivity index (χ2v) is 6.44. The predicted octanol–water partition coefficient (Wildman–Crippen LogP) is 5.12. The summed E-state index contributed by atoms with van der Waals surface area (Å²) in [5.74, 6) is 1.81. The number of hydrogen-bond donors (Lipinski definition) is 2. The van der Waals surface area contributed by atoms with Gasteiger partial charge in [0, 0.05) is 48.0 Å². The molecule has 0 aliphatic heterocycles. The van der Waals surface area contributed by atoms with E-state index in [9.17, 15) is 0 Å². The Morgan fingerprint density at radius 2 is 1.73 bits per heavy atom. The van der Waals surface area contributed by atoms with E-state index in [4.69, 9.17) is 4.98 Å². The number of hydrogen-bond acceptors (Lipinski definition) is 5. The average Bonchev–Trinajstić information content (AvgIpc) is 2.68. The Labute approximate surface area is 155 Å². The van der Waals surface area contributed by atoms with Gasteiger partial charge in [0.1, 0.15) is 11.6 Å². The van der Waals surface area contributed by atoms with Gasteiger partial charge in [-0.3, -0.25) is 4.98 Å². The van der Waals surface area contributed by atoms with E-state index in [2.05, 4.69) is 46.6 Å². The summed E-state index contributed by atoms with van der Waals surface area (Å²) < 4.78 is 0. The van der Waals surface area contributed by atoms with Gasteiger partial charge in [0.15, 0.2) is 0 Å². The molecule has 0 aromatic carbocycles. The first-order valence-electron chi connectivity index (χ1n) is 9.50. The molecular weight excluding hydrogens is 322 g/mol. The summed E-state index contributed by atoms with van der Waals surface area (Å²) in [6, 6.07) is 8.19. The highest BCUT2D eigenvalue weighted by Gasteiger charge is 2.08. The third-order valence-corrected chi connectivity index (χ3v) is 4.35. The summed E-state index contributed by atoms with van der Waals surface area (Å²) >= 11 is 0. The molecule has 2 N–H and O–H groups in total. The zero-order chi connectivity index (χ0) is 18.2. The highest BCUT2D eigenvalue weighted by atomic mass is 15.0. The topological polar surface area (TPSA) is 62.7 Å². The van der Waals surface area contributed by atoms with Crippen molar-refractivity contribution in [1.82, 2.24) is 15.0 Å². The van der Waals surface area contributed by atoms with Crippen LogP contribution in [-0.2, 0) is 0 Å². The van der Waals surface area contributed by atoms with Crippen LogP contribution in [0.4, 0.5) is 11.6 Å². The Kier molecular flexibility index (Phi) is 6.36. The summed E-state index contributed by atoms with van der Waals surface area (Å²) in [6.45, 7) is 6.24. The van der Waals surface area contributed by atoms with E-state index in [0.717, 1.165) is 66.0 Å². The SMILES string of the molecule is CCCCNc1cc(-c2cc3cnccc3c(NCCCC)n2)ccn1. The minimum Gasteiger partial charge on any atom is -0.370 e. The molecule has 5 nitrogen and oxygen atoms in total. The normalized spacial score (nSPS) is 10.8. The van der Waals surface area contributed by atoms with Crippen LogP contribution in [0.25, 0.3) is 22.0 Å². The molecule has 0 amide bonds. The molecule has 3 heterocycles. The van der Waals surface area contributed by atoms with Gasteiger partial charge in [0.05, 0.1) is 5.69 Å². The molecule has 3 rings (SSSR count). The lowest BCUT2D eigenvalue weighted by atomic mass is 10.1. The molecule has 3 aromatic heterocycles. The lowest BCUT2D eigenvalue weighted by molar-refractivity contribution is 0.831. The van der Waals surface area contributed by atoms with Crippen LogP contribution in [0.3, 0.4) is 0 Å². The number of rotatable bonds is 9. The lowest BCUT2D eigenvalue weighted by Crippen LogP contribution is -2.05. The molecular formula is C21H27N5. The summed E-state index contributed by atoms with van der Waals surface area (Å²) in [5.41, 5.74) is 1.99. The van der Waals surface area contributed by atoms with E-state index >= 15 is 0 Å². The quantitative estimate of drug-likeness (QED) is 0.525. The Morgan fingerprint density at radius 3 is 2.54 bits per heavy atom. The van der Waals surface area contributed by atoms with Gasteiger partial charge < -0.3 is 10.6 Å². The van der Waals surface area contributed by atoms with Crippen molar-refractivity contribution in [3.05, 3.63) is 42.9 Å². The first kappa shape index (κ1) is 18.1. The van der Waals surface area contributed by atoms with Gasteiger partial charge >= 0.3 is 0 Å². The molecule has 0 aliphatic carbocycles. The van der Waals surface area contributed by atoms with Gasteiger partial charge in [0.25, 0.3) is 0 Å². The number of fused-ring (bicyclic) bond motifs is 1. The Balaban J connectivity index is 1.93. The molecule has 0 saturated carbocycles. The number of pyridine rings is 3. The highest BCUT2D eigenvalue weighted by molar-refractivity contribution is 5.94. The summed E-state index contributed by atoms with van der Waals surface area (Å²) in [7, 11) is 0. The maximum absolute atomic E-state index is 4.89. The number of nitrogens with one attached hydrogen (secondary N) is 2. The van der Waals surface area contributed by atoms with Gasteiger partial charge in [-0.25, -0.2) is 9.97 Å². The smallest absolute Gasteiger partial charge is 0.134 e. The number of unbranched alkanes of at least 4 members (excludes halogenated alkanes) is 2. The molecule has 0 unspecified atom stereocenters. The molecule has 26 heavy (non-hydrogen) atoms. The van der Waals surface area contributed by atoms with Gasteiger partial charge in [-0.1, -0.05) is 26.7 Å². The van der Waals surface area contributed by atoms with E-state index in [1.807, 2.05) is 30.7 Å². The van der Waals surface area contributed by atoms with Crippen molar-refractivity contribution < 1.29 is 0 Å². The lowest BCUT2D eigenvalue weighted by Gasteiger charge is -2.12. The third kappa shape index (κ3) is 4.48. The van der Waals surface area contributed by atoms with Gasteiger partial charge in [0.2, 0.25) is 0 Å². The van der Waals surface area contributed by atoms with Crippen LogP contribution >= 0.6 is 0 Å². The van der Waals surface area contributed by atoms with Gasteiger partial charge in [-0.15, -0.1) is 0 Å². The summed E-state index contributed by atoms with van der Waals surface area (Å²) in [6.07, 6.45) is 10.1. The van der Waals surface area contributed by atoms with Crippen molar-refractivity contribution in [1.29, 1.82) is 0 Å². The van der Waals surface area contributed by atoms with E-state index < -0.39 is 0 Å². The van der Waals surface area contributed by atoms with Crippen LogP contribution in [0.5, 0.6) is 0 Å². The Morgan fingerprint density at radius 1 is 0.923 bits per heavy atom. The first-order chi connectivity index (χ1) is 12.8. The summed E-state index contributed by atoms with van der Waals surface area (Å²) in [5, 5.41) is 9.07. The van der Waals surface area contributed by atoms with Crippen LogP contribution in [0.2, 0.25) is 0 Å². The van der Waals surface area contributed by atoms with Crippen LogP contribution in [0, 0.1) is 0 Å². The third-order valence-electron chi connectivity index (χ3n) is 4.35. The van der Waals surface area contributed by atoms with E-state index in [1.165, 1.54) is 6.42 Å². The largest absolute Gasteiger partial charge is 0.370 e. The van der Waals surface area contributed by atoms with E-state index in [1.54, 1.807) is 0 Å². The zero-order valence-electron chi connectivity index (χ0n) is 15.6. The van der Waals surface area contributed by atoms with Crippen molar-refractivity contribution in [2.24, 2.45) is 0 Å². The van der Waals surface area contributed by atoms with Gasteiger partial charge in [-0.2, -0.15) is 0 Å². The molecule has 0 aliphatic rings. The maximum Gasteiger partial charge on any atom is 0.134 e. The average molecular weight is 349 g/mol. The second kappa shape index (κ2) is 9.13. The molecule has 136 valence electrons. The van der Waals surface area contributed by atoms with Crippen molar-refractivity contribution in [3.63, 3.8) is 0 Å². The molecule has 0 saturated heterocycles. The van der Waals surface area contributed by atoms with Crippen molar-refractivity contribution >= 4 is 22.4 Å². The van der Waals surface area contributed by atoms with Crippen LogP contribution in [0.1, 0.15) is 39.5 Å². The monoisotopic (exact) mass is 349 g/mol.